The van der Waals surface area contributed by atoms with E-state index in [4.69, 9.17) is 0 Å². The first kappa shape index (κ1) is 10.4. The zero-order chi connectivity index (χ0) is 11.4. The second-order valence-corrected chi connectivity index (χ2v) is 3.49. The number of pyridine rings is 1. The van der Waals surface area contributed by atoms with E-state index >= 15 is 0 Å². The fourth-order valence-electron chi connectivity index (χ4n) is 1.54. The molecular weight excluding hydrogens is 202 g/mol. The molecule has 0 bridgehead atoms. The first-order chi connectivity index (χ1) is 7.79. The molecule has 2 aromatic rings. The lowest BCUT2D eigenvalue weighted by Gasteiger charge is -1.98. The largest absolute Gasteiger partial charge is 0.328 e. The van der Waals surface area contributed by atoms with Crippen LogP contribution in [-0.2, 0) is 4.79 Å². The molecule has 0 aliphatic heterocycles. The number of carbonyl (C=O) groups is 1. The molecule has 0 aliphatic carbocycles. The molecule has 1 heterocycles. The molecule has 0 unspecified atom stereocenters. The Balaban J connectivity index is 2.42. The van der Waals surface area contributed by atoms with Gasteiger partial charge in [0.1, 0.15) is 6.29 Å². The maximum atomic E-state index is 11.1. The molecule has 0 amide bonds. The quantitative estimate of drug-likeness (QED) is 0.794. The molecule has 0 spiro atoms. The summed E-state index contributed by atoms with van der Waals surface area (Å²) in [6, 6.07) is 7.37. The number of hydrogen-bond donors (Lipinski definition) is 1. The summed E-state index contributed by atoms with van der Waals surface area (Å²) in [6.45, 7) is 0. The Morgan fingerprint density at radius 3 is 2.88 bits per heavy atom. The predicted octanol–water partition coefficient (Wildman–Crippen LogP) is 2.13. The minimum atomic E-state index is -0.110. The molecule has 0 fully saturated rings. The monoisotopic (exact) mass is 213 g/mol. The van der Waals surface area contributed by atoms with Gasteiger partial charge in [-0.1, -0.05) is 24.3 Å². The Hall–Kier alpha value is -2.16. The standard InChI is InChI=1S/C13H11NO2/c15-6-2-1-3-10-4-5-11-9-14-13(16)8-12(11)7-10/h1,3-9H,2H2,(H,14,16). The zero-order valence-electron chi connectivity index (χ0n) is 8.64. The van der Waals surface area contributed by atoms with Crippen LogP contribution >= 0.6 is 0 Å². The second-order valence-electron chi connectivity index (χ2n) is 3.49. The van der Waals surface area contributed by atoms with Crippen molar-refractivity contribution >= 4 is 23.1 Å². The fraction of sp³-hybridized carbons (Fsp3) is 0.0769. The maximum absolute atomic E-state index is 11.1. The molecule has 2 rings (SSSR count). The van der Waals surface area contributed by atoms with E-state index < -0.39 is 0 Å². The van der Waals surface area contributed by atoms with Gasteiger partial charge in [0.2, 0.25) is 5.56 Å². The molecule has 1 aromatic carbocycles. The van der Waals surface area contributed by atoms with Crippen molar-refractivity contribution in [2.24, 2.45) is 0 Å². The first-order valence-electron chi connectivity index (χ1n) is 5.02. The second kappa shape index (κ2) is 4.57. The van der Waals surface area contributed by atoms with Gasteiger partial charge in [0.05, 0.1) is 0 Å². The SMILES string of the molecule is O=CCC=Cc1ccc2c[nH]c(=O)cc2c1. The number of H-pyrrole nitrogens is 1. The van der Waals surface area contributed by atoms with Gasteiger partial charge in [-0.2, -0.15) is 0 Å². The molecule has 1 aromatic heterocycles. The highest BCUT2D eigenvalue weighted by atomic mass is 16.1. The average molecular weight is 213 g/mol. The van der Waals surface area contributed by atoms with Crippen molar-refractivity contribution in [1.29, 1.82) is 0 Å². The van der Waals surface area contributed by atoms with Crippen LogP contribution in [0.3, 0.4) is 0 Å². The van der Waals surface area contributed by atoms with Gasteiger partial charge in [0.25, 0.3) is 0 Å². The number of allylic oxidation sites excluding steroid dienone is 1. The maximum Gasteiger partial charge on any atom is 0.248 e. The number of benzene rings is 1. The molecule has 3 nitrogen and oxygen atoms in total. The Kier molecular flexibility index (Phi) is 2.96. The van der Waals surface area contributed by atoms with Crippen LogP contribution in [0.15, 0.2) is 41.3 Å². The van der Waals surface area contributed by atoms with E-state index in [2.05, 4.69) is 4.98 Å². The number of fused-ring (bicyclic) bond motifs is 1. The average Bonchev–Trinajstić information content (AvgIpc) is 2.29. The third kappa shape index (κ3) is 2.25. The topological polar surface area (TPSA) is 49.9 Å². The van der Waals surface area contributed by atoms with E-state index in [0.29, 0.717) is 6.42 Å². The summed E-state index contributed by atoms with van der Waals surface area (Å²) in [5.74, 6) is 0. The van der Waals surface area contributed by atoms with Gasteiger partial charge in [0, 0.05) is 18.7 Å². The Morgan fingerprint density at radius 1 is 1.19 bits per heavy atom. The van der Waals surface area contributed by atoms with Crippen LogP contribution in [0, 0.1) is 0 Å². The van der Waals surface area contributed by atoms with E-state index in [9.17, 15) is 9.59 Å². The molecule has 3 heteroatoms. The fourth-order valence-corrected chi connectivity index (χ4v) is 1.54. The van der Waals surface area contributed by atoms with E-state index in [1.807, 2.05) is 24.3 Å². The lowest BCUT2D eigenvalue weighted by molar-refractivity contribution is -0.107. The van der Waals surface area contributed by atoms with Crippen molar-refractivity contribution in [2.75, 3.05) is 0 Å². The molecule has 16 heavy (non-hydrogen) atoms. The summed E-state index contributed by atoms with van der Waals surface area (Å²) < 4.78 is 0. The van der Waals surface area contributed by atoms with Crippen molar-refractivity contribution < 1.29 is 4.79 Å². The number of aromatic amines is 1. The number of hydrogen-bond acceptors (Lipinski definition) is 2. The molecule has 0 aliphatic rings. The van der Waals surface area contributed by atoms with Crippen LogP contribution in [0.2, 0.25) is 0 Å². The van der Waals surface area contributed by atoms with Crippen molar-refractivity contribution in [3.8, 4) is 0 Å². The number of carbonyl (C=O) groups excluding carboxylic acids is 1. The summed E-state index contributed by atoms with van der Waals surface area (Å²) in [4.78, 5) is 23.9. The summed E-state index contributed by atoms with van der Waals surface area (Å²) in [5, 5.41) is 1.89. The summed E-state index contributed by atoms with van der Waals surface area (Å²) in [7, 11) is 0. The number of aromatic nitrogens is 1. The van der Waals surface area contributed by atoms with Gasteiger partial charge in [-0.25, -0.2) is 0 Å². The number of nitrogens with one attached hydrogen (secondary N) is 1. The summed E-state index contributed by atoms with van der Waals surface area (Å²) in [6.07, 6.45) is 6.61. The van der Waals surface area contributed by atoms with Crippen LogP contribution in [0.25, 0.3) is 16.8 Å². The van der Waals surface area contributed by atoms with Gasteiger partial charge in [0.15, 0.2) is 0 Å². The van der Waals surface area contributed by atoms with E-state index in [1.54, 1.807) is 18.3 Å². The van der Waals surface area contributed by atoms with Crippen molar-refractivity contribution in [3.63, 3.8) is 0 Å². The Bertz CT molecular complexity index is 596. The molecule has 0 saturated carbocycles. The Labute approximate surface area is 92.4 Å². The third-order valence-corrected chi connectivity index (χ3v) is 2.31. The van der Waals surface area contributed by atoms with E-state index in [-0.39, 0.29) is 5.56 Å². The van der Waals surface area contributed by atoms with Crippen molar-refractivity contribution in [1.82, 2.24) is 4.98 Å². The van der Waals surface area contributed by atoms with Gasteiger partial charge in [-0.15, -0.1) is 0 Å². The normalized spacial score (nSPS) is 11.0. The molecule has 1 N–H and O–H groups in total. The van der Waals surface area contributed by atoms with Crippen LogP contribution in [-0.4, -0.2) is 11.3 Å². The number of aldehydes is 1. The van der Waals surface area contributed by atoms with E-state index in [1.165, 1.54) is 0 Å². The molecule has 80 valence electrons. The van der Waals surface area contributed by atoms with Crippen molar-refractivity contribution in [3.05, 3.63) is 52.5 Å². The Morgan fingerprint density at radius 2 is 2.06 bits per heavy atom. The van der Waals surface area contributed by atoms with Gasteiger partial charge in [-0.05, 0) is 22.4 Å². The first-order valence-corrected chi connectivity index (χ1v) is 5.02. The molecule has 0 saturated heterocycles. The lowest BCUT2D eigenvalue weighted by atomic mass is 10.1. The van der Waals surface area contributed by atoms with E-state index in [0.717, 1.165) is 22.6 Å². The highest BCUT2D eigenvalue weighted by Crippen LogP contribution is 2.14. The molecule has 0 radical (unpaired) electrons. The lowest BCUT2D eigenvalue weighted by Crippen LogP contribution is -2.01. The highest BCUT2D eigenvalue weighted by molar-refractivity contribution is 5.83. The van der Waals surface area contributed by atoms with Gasteiger partial charge in [-0.3, -0.25) is 4.79 Å². The highest BCUT2D eigenvalue weighted by Gasteiger charge is 1.94. The van der Waals surface area contributed by atoms with Crippen LogP contribution in [0.5, 0.6) is 0 Å². The van der Waals surface area contributed by atoms with Crippen LogP contribution in [0.1, 0.15) is 12.0 Å². The minimum absolute atomic E-state index is 0.110. The number of rotatable bonds is 3. The smallest absolute Gasteiger partial charge is 0.248 e. The zero-order valence-corrected chi connectivity index (χ0v) is 8.64. The van der Waals surface area contributed by atoms with Gasteiger partial charge >= 0.3 is 0 Å². The molecular formula is C13H11NO2. The predicted molar refractivity (Wildman–Crippen MR) is 64.3 cm³/mol. The summed E-state index contributed by atoms with van der Waals surface area (Å²) >= 11 is 0. The molecule has 0 atom stereocenters. The summed E-state index contributed by atoms with van der Waals surface area (Å²) in [5.41, 5.74) is 0.876. The van der Waals surface area contributed by atoms with Gasteiger partial charge < -0.3 is 9.78 Å². The van der Waals surface area contributed by atoms with Crippen molar-refractivity contribution in [2.45, 2.75) is 6.42 Å². The van der Waals surface area contributed by atoms with Crippen LogP contribution < -0.4 is 5.56 Å². The minimum Gasteiger partial charge on any atom is -0.328 e. The third-order valence-electron chi connectivity index (χ3n) is 2.31. The van der Waals surface area contributed by atoms with Crippen LogP contribution in [0.4, 0.5) is 0 Å².